The highest BCUT2D eigenvalue weighted by Gasteiger charge is 2.04. The van der Waals surface area contributed by atoms with Crippen LogP contribution in [0.25, 0.3) is 0 Å². The van der Waals surface area contributed by atoms with E-state index < -0.39 is 0 Å². The van der Waals surface area contributed by atoms with Crippen LogP contribution < -0.4 is 11.2 Å². The molecule has 0 saturated carbocycles. The highest BCUT2D eigenvalue weighted by atomic mass is 16.7. The van der Waals surface area contributed by atoms with Crippen molar-refractivity contribution < 1.29 is 4.84 Å². The molecule has 0 radical (unpaired) electrons. The molecule has 0 spiro atoms. The Labute approximate surface area is 50.2 Å². The fourth-order valence-corrected chi connectivity index (χ4v) is 0.293. The first kappa shape index (κ1) is 7.88. The molecule has 0 bridgehead atoms. The smallest absolute Gasteiger partial charge is 0.0909 e. The summed E-state index contributed by atoms with van der Waals surface area (Å²) in [7, 11) is 1.72. The van der Waals surface area contributed by atoms with Gasteiger partial charge in [-0.1, -0.05) is 0 Å². The fraction of sp³-hybridized carbons (Fsp3) is 1.00. The molecule has 1 unspecified atom stereocenters. The molecule has 0 aliphatic carbocycles. The predicted molar refractivity (Wildman–Crippen MR) is 33.3 cm³/mol. The summed E-state index contributed by atoms with van der Waals surface area (Å²) in [5.74, 6) is 0. The molecule has 8 heavy (non-hydrogen) atoms. The number of hydroxylamine groups is 1. The summed E-state index contributed by atoms with van der Waals surface area (Å²) < 4.78 is 0. The first-order valence-corrected chi connectivity index (χ1v) is 2.76. The molecule has 0 fully saturated rings. The molecule has 0 saturated heterocycles. The Hall–Kier alpha value is -0.120. The monoisotopic (exact) mass is 118 g/mol. The molecule has 0 aromatic heterocycles. The van der Waals surface area contributed by atoms with Crippen molar-refractivity contribution >= 4 is 0 Å². The Bertz CT molecular complexity index is 56.4. The van der Waals surface area contributed by atoms with Gasteiger partial charge < -0.3 is 5.73 Å². The standard InChI is InChI=1S/C5H14N2O/c1-4(6)5(2)8-7-3/h4-5,7H,6H2,1-3H3/t4-,5?/m0/s1. The second kappa shape index (κ2) is 3.83. The average Bonchev–Trinajstić information content (AvgIpc) is 1.67. The molecule has 0 heterocycles. The van der Waals surface area contributed by atoms with Gasteiger partial charge in [0, 0.05) is 13.1 Å². The van der Waals surface area contributed by atoms with Crippen molar-refractivity contribution in [2.45, 2.75) is 26.0 Å². The van der Waals surface area contributed by atoms with Crippen LogP contribution in [0.1, 0.15) is 13.8 Å². The summed E-state index contributed by atoms with van der Waals surface area (Å²) in [6.07, 6.45) is 0.0833. The zero-order valence-electron chi connectivity index (χ0n) is 5.64. The molecule has 0 aliphatic rings. The summed E-state index contributed by atoms with van der Waals surface area (Å²) in [5.41, 5.74) is 8.03. The molecule has 3 nitrogen and oxygen atoms in total. The molecule has 3 heteroatoms. The van der Waals surface area contributed by atoms with Gasteiger partial charge in [-0.15, -0.1) is 0 Å². The van der Waals surface area contributed by atoms with E-state index >= 15 is 0 Å². The molecule has 0 amide bonds. The Morgan fingerprint density at radius 2 is 2.00 bits per heavy atom. The van der Waals surface area contributed by atoms with Gasteiger partial charge in [0.1, 0.15) is 0 Å². The predicted octanol–water partition coefficient (Wildman–Crippen LogP) is -0.127. The van der Waals surface area contributed by atoms with Crippen LogP contribution in [0, 0.1) is 0 Å². The van der Waals surface area contributed by atoms with Crippen LogP contribution in [-0.4, -0.2) is 19.2 Å². The van der Waals surface area contributed by atoms with Gasteiger partial charge >= 0.3 is 0 Å². The van der Waals surface area contributed by atoms with E-state index in [0.29, 0.717) is 0 Å². The lowest BCUT2D eigenvalue weighted by atomic mass is 10.2. The van der Waals surface area contributed by atoms with Gasteiger partial charge in [0.2, 0.25) is 0 Å². The minimum Gasteiger partial charge on any atom is -0.326 e. The van der Waals surface area contributed by atoms with Gasteiger partial charge in [-0.3, -0.25) is 4.84 Å². The number of nitrogens with one attached hydrogen (secondary N) is 1. The van der Waals surface area contributed by atoms with Gasteiger partial charge in [-0.05, 0) is 13.8 Å². The number of nitrogens with two attached hydrogens (primary N) is 1. The first-order valence-electron chi connectivity index (χ1n) is 2.76. The van der Waals surface area contributed by atoms with E-state index in [1.807, 2.05) is 13.8 Å². The van der Waals surface area contributed by atoms with Crippen LogP contribution in [0.4, 0.5) is 0 Å². The van der Waals surface area contributed by atoms with E-state index in [0.717, 1.165) is 0 Å². The average molecular weight is 118 g/mol. The summed E-state index contributed by atoms with van der Waals surface area (Å²) in [6, 6.07) is 0.0856. The first-order chi connectivity index (χ1) is 3.68. The molecular formula is C5H14N2O. The molecule has 0 aliphatic heterocycles. The zero-order chi connectivity index (χ0) is 6.57. The fourth-order valence-electron chi connectivity index (χ4n) is 0.293. The number of hydrogen-bond acceptors (Lipinski definition) is 3. The lowest BCUT2D eigenvalue weighted by Crippen LogP contribution is -2.34. The Balaban J connectivity index is 3.17. The van der Waals surface area contributed by atoms with Crippen LogP contribution >= 0.6 is 0 Å². The molecule has 0 rings (SSSR count). The Kier molecular flexibility index (Phi) is 3.77. The maximum absolute atomic E-state index is 5.46. The second-order valence-corrected chi connectivity index (χ2v) is 1.89. The van der Waals surface area contributed by atoms with Crippen LogP contribution in [-0.2, 0) is 4.84 Å². The van der Waals surface area contributed by atoms with Crippen molar-refractivity contribution in [1.29, 1.82) is 0 Å². The van der Waals surface area contributed by atoms with Gasteiger partial charge in [0.25, 0.3) is 0 Å². The van der Waals surface area contributed by atoms with E-state index in [1.54, 1.807) is 7.05 Å². The van der Waals surface area contributed by atoms with E-state index in [4.69, 9.17) is 10.6 Å². The van der Waals surface area contributed by atoms with Gasteiger partial charge in [-0.25, -0.2) is 5.48 Å². The van der Waals surface area contributed by atoms with Crippen LogP contribution in [0.3, 0.4) is 0 Å². The van der Waals surface area contributed by atoms with E-state index in [2.05, 4.69) is 5.48 Å². The van der Waals surface area contributed by atoms with E-state index in [1.165, 1.54) is 0 Å². The normalized spacial score (nSPS) is 18.0. The third-order valence-corrected chi connectivity index (χ3v) is 1.04. The Morgan fingerprint density at radius 3 is 2.12 bits per heavy atom. The number of rotatable bonds is 3. The highest BCUT2D eigenvalue weighted by Crippen LogP contribution is 1.89. The third kappa shape index (κ3) is 2.96. The van der Waals surface area contributed by atoms with Crippen molar-refractivity contribution in [3.8, 4) is 0 Å². The van der Waals surface area contributed by atoms with E-state index in [-0.39, 0.29) is 12.1 Å². The van der Waals surface area contributed by atoms with Gasteiger partial charge in [0.15, 0.2) is 0 Å². The molecular weight excluding hydrogens is 104 g/mol. The van der Waals surface area contributed by atoms with Crippen LogP contribution in [0.15, 0.2) is 0 Å². The van der Waals surface area contributed by atoms with Crippen LogP contribution in [0.2, 0.25) is 0 Å². The molecule has 50 valence electrons. The van der Waals surface area contributed by atoms with Crippen LogP contribution in [0.5, 0.6) is 0 Å². The molecule has 0 aromatic carbocycles. The van der Waals surface area contributed by atoms with Crippen molar-refractivity contribution in [2.24, 2.45) is 5.73 Å². The molecule has 3 N–H and O–H groups in total. The maximum atomic E-state index is 5.46. The summed E-state index contributed by atoms with van der Waals surface area (Å²) in [4.78, 5) is 4.93. The topological polar surface area (TPSA) is 47.3 Å². The summed E-state index contributed by atoms with van der Waals surface area (Å²) >= 11 is 0. The van der Waals surface area contributed by atoms with E-state index in [9.17, 15) is 0 Å². The SMILES string of the molecule is CNOC(C)[C@H](C)N. The second-order valence-electron chi connectivity index (χ2n) is 1.89. The van der Waals surface area contributed by atoms with Crippen molar-refractivity contribution in [2.75, 3.05) is 7.05 Å². The summed E-state index contributed by atoms with van der Waals surface area (Å²) in [5, 5.41) is 0. The minimum atomic E-state index is 0.0833. The Morgan fingerprint density at radius 1 is 1.50 bits per heavy atom. The summed E-state index contributed by atoms with van der Waals surface area (Å²) in [6.45, 7) is 3.82. The van der Waals surface area contributed by atoms with Gasteiger partial charge in [0.05, 0.1) is 6.10 Å². The minimum absolute atomic E-state index is 0.0833. The largest absolute Gasteiger partial charge is 0.326 e. The van der Waals surface area contributed by atoms with Crippen molar-refractivity contribution in [3.63, 3.8) is 0 Å². The quantitative estimate of drug-likeness (QED) is 0.508. The lowest BCUT2D eigenvalue weighted by molar-refractivity contribution is -0.0116. The van der Waals surface area contributed by atoms with Crippen molar-refractivity contribution in [1.82, 2.24) is 5.48 Å². The highest BCUT2D eigenvalue weighted by molar-refractivity contribution is 4.60. The zero-order valence-corrected chi connectivity index (χ0v) is 5.64. The molecule has 0 aromatic rings. The van der Waals surface area contributed by atoms with Crippen molar-refractivity contribution in [3.05, 3.63) is 0 Å². The van der Waals surface area contributed by atoms with Gasteiger partial charge in [-0.2, -0.15) is 0 Å². The molecule has 2 atom stereocenters. The third-order valence-electron chi connectivity index (χ3n) is 1.04. The maximum Gasteiger partial charge on any atom is 0.0909 e. The number of hydrogen-bond donors (Lipinski definition) is 2. The lowest BCUT2D eigenvalue weighted by Gasteiger charge is -2.13.